The molecule has 8 heteroatoms. The van der Waals surface area contributed by atoms with Crippen molar-refractivity contribution < 1.29 is 8.42 Å². The molecule has 0 amide bonds. The average Bonchev–Trinajstić information content (AvgIpc) is 3.20. The minimum atomic E-state index is -3.28. The largest absolute Gasteiger partial charge is 0.384 e. The zero-order valence-corrected chi connectivity index (χ0v) is 16.7. The maximum absolute atomic E-state index is 11.3. The number of nitrogens with one attached hydrogen (secondary N) is 2. The van der Waals surface area contributed by atoms with Gasteiger partial charge >= 0.3 is 0 Å². The Morgan fingerprint density at radius 2 is 1.90 bits per heavy atom. The highest BCUT2D eigenvalue weighted by Gasteiger charge is 2.09. The van der Waals surface area contributed by atoms with E-state index in [0.29, 0.717) is 24.6 Å². The van der Waals surface area contributed by atoms with Crippen molar-refractivity contribution in [2.75, 3.05) is 28.6 Å². The summed E-state index contributed by atoms with van der Waals surface area (Å²) in [5.41, 5.74) is 11.5. The summed E-state index contributed by atoms with van der Waals surface area (Å²) >= 11 is 0. The Kier molecular flexibility index (Phi) is 4.94. The number of fused-ring (bicyclic) bond motifs is 1. The first-order valence-corrected chi connectivity index (χ1v) is 11.0. The zero-order chi connectivity index (χ0) is 20.4. The van der Waals surface area contributed by atoms with E-state index in [1.165, 1.54) is 0 Å². The van der Waals surface area contributed by atoms with Crippen molar-refractivity contribution in [1.29, 1.82) is 0 Å². The van der Waals surface area contributed by atoms with Crippen molar-refractivity contribution in [2.24, 2.45) is 4.99 Å². The molecule has 2 aromatic carbocycles. The van der Waals surface area contributed by atoms with Gasteiger partial charge in [0.15, 0.2) is 0 Å². The van der Waals surface area contributed by atoms with Gasteiger partial charge in [-0.1, -0.05) is 24.3 Å². The molecule has 4 N–H and O–H groups in total. The van der Waals surface area contributed by atoms with Gasteiger partial charge in [-0.2, -0.15) is 0 Å². The molecule has 3 aromatic rings. The van der Waals surface area contributed by atoms with Gasteiger partial charge in [0.2, 0.25) is 10.0 Å². The van der Waals surface area contributed by atoms with E-state index in [1.54, 1.807) is 12.1 Å². The van der Waals surface area contributed by atoms with E-state index >= 15 is 0 Å². The van der Waals surface area contributed by atoms with Crippen LogP contribution >= 0.6 is 0 Å². The van der Waals surface area contributed by atoms with Gasteiger partial charge in [0, 0.05) is 35.6 Å². The molecule has 0 atom stereocenters. The van der Waals surface area contributed by atoms with Crippen molar-refractivity contribution in [3.05, 3.63) is 65.7 Å². The molecule has 0 aliphatic carbocycles. The summed E-state index contributed by atoms with van der Waals surface area (Å²) in [6, 6.07) is 15.2. The summed E-state index contributed by atoms with van der Waals surface area (Å²) < 4.78 is 25.1. The standard InChI is InChI=1S/C21H21N5O2S/c1-29(27,28)26-17-5-2-14(3-6-17)12-24-19-11-21(22)25-20-10-15(4-7-18(19)20)16-8-9-23-13-16/h2-11,26H,12-13H2,1H3,(H3,22,24,25). The predicted octanol–water partition coefficient (Wildman–Crippen LogP) is 3.27. The van der Waals surface area contributed by atoms with Crippen LogP contribution in [0.1, 0.15) is 11.1 Å². The SMILES string of the molecule is CS(=O)(=O)Nc1ccc(CNc2cc(N)nc3cc(C4=CC=NC4)ccc23)cc1. The van der Waals surface area contributed by atoms with E-state index in [0.717, 1.165) is 39.5 Å². The van der Waals surface area contributed by atoms with E-state index in [9.17, 15) is 8.42 Å². The van der Waals surface area contributed by atoms with E-state index in [4.69, 9.17) is 5.73 Å². The minimum absolute atomic E-state index is 0.446. The lowest BCUT2D eigenvalue weighted by molar-refractivity contribution is 0.607. The number of aliphatic imine (C=N–C) groups is 1. The molecule has 0 saturated carbocycles. The topological polar surface area (TPSA) is 109 Å². The third kappa shape index (κ3) is 4.55. The number of nitrogens with zero attached hydrogens (tertiary/aromatic N) is 2. The third-order valence-corrected chi connectivity index (χ3v) is 5.19. The third-order valence-electron chi connectivity index (χ3n) is 4.58. The highest BCUT2D eigenvalue weighted by molar-refractivity contribution is 7.92. The summed E-state index contributed by atoms with van der Waals surface area (Å²) in [5, 5.41) is 4.39. The Balaban J connectivity index is 1.54. The van der Waals surface area contributed by atoms with Crippen molar-refractivity contribution in [2.45, 2.75) is 6.54 Å². The van der Waals surface area contributed by atoms with Crippen LogP contribution in [0.15, 0.2) is 59.6 Å². The molecule has 0 saturated heterocycles. The molecule has 1 aliphatic rings. The molecule has 7 nitrogen and oxygen atoms in total. The quantitative estimate of drug-likeness (QED) is 0.581. The van der Waals surface area contributed by atoms with Gasteiger partial charge < -0.3 is 11.1 Å². The van der Waals surface area contributed by atoms with Crippen molar-refractivity contribution in [1.82, 2.24) is 4.98 Å². The average molecular weight is 407 g/mol. The van der Waals surface area contributed by atoms with E-state index in [-0.39, 0.29) is 0 Å². The highest BCUT2D eigenvalue weighted by atomic mass is 32.2. The first kappa shape index (κ1) is 18.9. The molecule has 0 radical (unpaired) electrons. The summed E-state index contributed by atoms with van der Waals surface area (Å²) in [6.07, 6.45) is 4.95. The Labute approximate surface area is 169 Å². The summed E-state index contributed by atoms with van der Waals surface area (Å²) in [5.74, 6) is 0.446. The molecule has 1 aromatic heterocycles. The van der Waals surface area contributed by atoms with Crippen LogP contribution in [0.4, 0.5) is 17.2 Å². The van der Waals surface area contributed by atoms with Crippen LogP contribution < -0.4 is 15.8 Å². The van der Waals surface area contributed by atoms with Crippen LogP contribution in [0.25, 0.3) is 16.5 Å². The van der Waals surface area contributed by atoms with Crippen LogP contribution in [0, 0.1) is 0 Å². The number of nitrogens with two attached hydrogens (primary N) is 1. The van der Waals surface area contributed by atoms with Crippen molar-refractivity contribution in [3.63, 3.8) is 0 Å². The maximum Gasteiger partial charge on any atom is 0.229 e. The Morgan fingerprint density at radius 1 is 1.10 bits per heavy atom. The van der Waals surface area contributed by atoms with Crippen LogP contribution in [0.5, 0.6) is 0 Å². The van der Waals surface area contributed by atoms with Gasteiger partial charge in [0.25, 0.3) is 0 Å². The van der Waals surface area contributed by atoms with Gasteiger partial charge in [-0.15, -0.1) is 0 Å². The number of aromatic nitrogens is 1. The summed E-state index contributed by atoms with van der Waals surface area (Å²) in [6.45, 7) is 1.25. The van der Waals surface area contributed by atoms with Gasteiger partial charge in [0.05, 0.1) is 18.3 Å². The first-order chi connectivity index (χ1) is 13.9. The second-order valence-electron chi connectivity index (χ2n) is 6.93. The molecule has 0 fully saturated rings. The fourth-order valence-electron chi connectivity index (χ4n) is 3.23. The van der Waals surface area contributed by atoms with Crippen molar-refractivity contribution >= 4 is 49.9 Å². The van der Waals surface area contributed by atoms with Gasteiger partial charge in [-0.3, -0.25) is 9.71 Å². The summed E-state index contributed by atoms with van der Waals surface area (Å²) in [4.78, 5) is 8.71. The van der Waals surface area contributed by atoms with Crippen LogP contribution in [-0.4, -0.2) is 32.4 Å². The molecule has 0 unspecified atom stereocenters. The number of hydrogen-bond acceptors (Lipinski definition) is 6. The molecule has 0 spiro atoms. The molecule has 148 valence electrons. The first-order valence-electron chi connectivity index (χ1n) is 9.08. The normalized spacial score (nSPS) is 13.5. The number of rotatable bonds is 6. The minimum Gasteiger partial charge on any atom is -0.384 e. The molecule has 0 bridgehead atoms. The van der Waals surface area contributed by atoms with E-state index in [2.05, 4.69) is 26.1 Å². The number of sulfonamides is 1. The number of anilines is 3. The molecular weight excluding hydrogens is 386 g/mol. The van der Waals surface area contributed by atoms with Gasteiger partial charge in [0.1, 0.15) is 5.82 Å². The maximum atomic E-state index is 11.3. The lowest BCUT2D eigenvalue weighted by atomic mass is 10.0. The molecule has 4 rings (SSSR count). The zero-order valence-electron chi connectivity index (χ0n) is 15.9. The van der Waals surface area contributed by atoms with Crippen molar-refractivity contribution in [3.8, 4) is 0 Å². The van der Waals surface area contributed by atoms with E-state index < -0.39 is 10.0 Å². The van der Waals surface area contributed by atoms with Gasteiger partial charge in [-0.25, -0.2) is 13.4 Å². The number of nitrogen functional groups attached to an aromatic ring is 1. The Morgan fingerprint density at radius 3 is 2.59 bits per heavy atom. The predicted molar refractivity (Wildman–Crippen MR) is 120 cm³/mol. The lowest BCUT2D eigenvalue weighted by Gasteiger charge is -2.12. The molecule has 2 heterocycles. The lowest BCUT2D eigenvalue weighted by Crippen LogP contribution is -2.09. The molecule has 1 aliphatic heterocycles. The number of benzene rings is 2. The highest BCUT2D eigenvalue weighted by Crippen LogP contribution is 2.28. The number of allylic oxidation sites excluding steroid dienone is 1. The van der Waals surface area contributed by atoms with Crippen LogP contribution in [-0.2, 0) is 16.6 Å². The molecule has 29 heavy (non-hydrogen) atoms. The van der Waals surface area contributed by atoms with Gasteiger partial charge in [-0.05, 0) is 41.0 Å². The fraction of sp³-hybridized carbons (Fsp3) is 0.143. The summed E-state index contributed by atoms with van der Waals surface area (Å²) in [7, 11) is -3.28. The second kappa shape index (κ2) is 7.56. The molecular formula is C21H21N5O2S. The second-order valence-corrected chi connectivity index (χ2v) is 8.68. The fourth-order valence-corrected chi connectivity index (χ4v) is 3.80. The number of hydrogen-bond donors (Lipinski definition) is 3. The van der Waals surface area contributed by atoms with E-state index in [1.807, 2.05) is 42.6 Å². The monoisotopic (exact) mass is 407 g/mol. The Hall–Kier alpha value is -3.39. The Bertz CT molecular complexity index is 1230. The number of pyridine rings is 1. The van der Waals surface area contributed by atoms with Crippen LogP contribution in [0.3, 0.4) is 0 Å². The smallest absolute Gasteiger partial charge is 0.229 e. The van der Waals surface area contributed by atoms with Crippen LogP contribution in [0.2, 0.25) is 0 Å².